The van der Waals surface area contributed by atoms with Crippen molar-refractivity contribution in [2.45, 2.75) is 26.1 Å². The van der Waals surface area contributed by atoms with Crippen LogP contribution >= 0.6 is 0 Å². The van der Waals surface area contributed by atoms with Crippen LogP contribution in [0.15, 0.2) is 48.8 Å². The predicted molar refractivity (Wildman–Crippen MR) is 113 cm³/mol. The molecule has 1 aromatic carbocycles. The lowest BCUT2D eigenvalue weighted by Crippen LogP contribution is -2.49. The minimum absolute atomic E-state index is 0.217. The van der Waals surface area contributed by atoms with Gasteiger partial charge in [0.05, 0.1) is 5.56 Å². The fraction of sp³-hybridized carbons (Fsp3) is 0.391. The highest BCUT2D eigenvalue weighted by atomic mass is 19.4. The van der Waals surface area contributed by atoms with E-state index in [0.717, 1.165) is 50.4 Å². The standard InChI is InChI=1S/C23H25F3N4O/c1-2-29-16-18(20-4-3-10-27-21(20)29)9-11-28-12-14-30(15-13-28)22(31)17-5-7-19(8-6-17)23(24,25)26/h3-8,10,16H,2,9,11-15H2,1H3. The van der Waals surface area contributed by atoms with Crippen molar-refractivity contribution in [1.82, 2.24) is 19.4 Å². The Bertz CT molecular complexity index is 1050. The molecule has 0 N–H and O–H groups in total. The molecular formula is C23H25F3N4O. The minimum Gasteiger partial charge on any atom is -0.336 e. The highest BCUT2D eigenvalue weighted by Gasteiger charge is 2.30. The molecule has 1 amide bonds. The van der Waals surface area contributed by atoms with Gasteiger partial charge in [0.15, 0.2) is 0 Å². The van der Waals surface area contributed by atoms with E-state index in [1.807, 2.05) is 12.3 Å². The number of rotatable bonds is 5. The first kappa shape index (κ1) is 21.4. The van der Waals surface area contributed by atoms with Crippen molar-refractivity contribution in [3.8, 4) is 0 Å². The number of hydrogen-bond acceptors (Lipinski definition) is 3. The molecule has 0 unspecified atom stereocenters. The summed E-state index contributed by atoms with van der Waals surface area (Å²) in [6.45, 7) is 6.49. The number of alkyl halides is 3. The summed E-state index contributed by atoms with van der Waals surface area (Å²) in [6.07, 6.45) is 0.488. The second-order valence-electron chi connectivity index (χ2n) is 7.77. The first-order valence-electron chi connectivity index (χ1n) is 10.5. The number of aryl methyl sites for hydroxylation is 1. The Morgan fingerprint density at radius 2 is 1.77 bits per heavy atom. The van der Waals surface area contributed by atoms with E-state index in [1.165, 1.54) is 23.1 Å². The summed E-state index contributed by atoms with van der Waals surface area (Å²) in [7, 11) is 0. The van der Waals surface area contributed by atoms with Crippen LogP contribution in [0.1, 0.15) is 28.4 Å². The summed E-state index contributed by atoms with van der Waals surface area (Å²) in [4.78, 5) is 21.2. The molecule has 4 rings (SSSR count). The predicted octanol–water partition coefficient (Wildman–Crippen LogP) is 4.08. The highest BCUT2D eigenvalue weighted by molar-refractivity contribution is 5.94. The zero-order chi connectivity index (χ0) is 22.0. The van der Waals surface area contributed by atoms with Gasteiger partial charge < -0.3 is 9.47 Å². The van der Waals surface area contributed by atoms with Crippen molar-refractivity contribution in [3.63, 3.8) is 0 Å². The number of hydrogen-bond donors (Lipinski definition) is 0. The van der Waals surface area contributed by atoms with Gasteiger partial charge in [0, 0.05) is 62.6 Å². The molecule has 0 spiro atoms. The number of fused-ring (bicyclic) bond motifs is 1. The van der Waals surface area contributed by atoms with Gasteiger partial charge in [-0.1, -0.05) is 0 Å². The molecule has 5 nitrogen and oxygen atoms in total. The maximum atomic E-state index is 12.7. The van der Waals surface area contributed by atoms with Gasteiger partial charge in [-0.15, -0.1) is 0 Å². The van der Waals surface area contributed by atoms with Gasteiger partial charge >= 0.3 is 6.18 Å². The molecule has 0 aliphatic carbocycles. The van der Waals surface area contributed by atoms with E-state index >= 15 is 0 Å². The molecule has 3 aromatic rings. The highest BCUT2D eigenvalue weighted by Crippen LogP contribution is 2.29. The first-order valence-corrected chi connectivity index (χ1v) is 10.5. The van der Waals surface area contributed by atoms with Gasteiger partial charge in [0.1, 0.15) is 5.65 Å². The van der Waals surface area contributed by atoms with Crippen LogP contribution in [0.2, 0.25) is 0 Å². The lowest BCUT2D eigenvalue weighted by Gasteiger charge is -2.34. The van der Waals surface area contributed by atoms with Crippen LogP contribution in [0.25, 0.3) is 11.0 Å². The van der Waals surface area contributed by atoms with Crippen molar-refractivity contribution in [2.24, 2.45) is 0 Å². The monoisotopic (exact) mass is 430 g/mol. The Kier molecular flexibility index (Phi) is 6.00. The van der Waals surface area contributed by atoms with E-state index < -0.39 is 11.7 Å². The second-order valence-corrected chi connectivity index (χ2v) is 7.77. The van der Waals surface area contributed by atoms with Crippen molar-refractivity contribution >= 4 is 16.9 Å². The van der Waals surface area contributed by atoms with Crippen LogP contribution in [-0.2, 0) is 19.1 Å². The van der Waals surface area contributed by atoms with Gasteiger partial charge in [-0.25, -0.2) is 4.98 Å². The molecule has 3 heterocycles. The molecule has 8 heteroatoms. The number of aromatic nitrogens is 2. The van der Waals surface area contributed by atoms with Crippen molar-refractivity contribution < 1.29 is 18.0 Å². The molecule has 1 saturated heterocycles. The molecule has 0 saturated carbocycles. The quantitative estimate of drug-likeness (QED) is 0.613. The van der Waals surface area contributed by atoms with E-state index in [9.17, 15) is 18.0 Å². The maximum Gasteiger partial charge on any atom is 0.416 e. The molecule has 1 fully saturated rings. The molecule has 164 valence electrons. The van der Waals surface area contributed by atoms with E-state index in [1.54, 1.807) is 4.90 Å². The number of piperazine rings is 1. The zero-order valence-corrected chi connectivity index (χ0v) is 17.4. The van der Waals surface area contributed by atoms with Crippen LogP contribution in [0.3, 0.4) is 0 Å². The summed E-state index contributed by atoms with van der Waals surface area (Å²) in [6, 6.07) is 8.50. The molecule has 0 atom stereocenters. The molecular weight excluding hydrogens is 405 g/mol. The number of benzene rings is 1. The molecule has 1 aliphatic heterocycles. The van der Waals surface area contributed by atoms with Crippen LogP contribution in [0.5, 0.6) is 0 Å². The summed E-state index contributed by atoms with van der Waals surface area (Å²) >= 11 is 0. The number of amides is 1. The smallest absolute Gasteiger partial charge is 0.336 e. The Morgan fingerprint density at radius 3 is 2.42 bits per heavy atom. The Morgan fingerprint density at radius 1 is 1.06 bits per heavy atom. The van der Waals surface area contributed by atoms with E-state index in [2.05, 4.69) is 33.6 Å². The average molecular weight is 430 g/mol. The van der Waals surface area contributed by atoms with Gasteiger partial charge in [-0.05, 0) is 55.3 Å². The molecule has 31 heavy (non-hydrogen) atoms. The van der Waals surface area contributed by atoms with Crippen LogP contribution in [-0.4, -0.2) is 58.0 Å². The van der Waals surface area contributed by atoms with E-state index in [4.69, 9.17) is 0 Å². The first-order chi connectivity index (χ1) is 14.9. The number of carbonyl (C=O) groups is 1. The minimum atomic E-state index is -4.40. The Hall–Kier alpha value is -2.87. The van der Waals surface area contributed by atoms with Crippen molar-refractivity contribution in [3.05, 3.63) is 65.5 Å². The molecule has 0 bridgehead atoms. The van der Waals surface area contributed by atoms with Gasteiger partial charge in [0.2, 0.25) is 0 Å². The summed E-state index contributed by atoms with van der Waals surface area (Å²) in [5, 5.41) is 1.18. The third kappa shape index (κ3) is 4.58. The fourth-order valence-electron chi connectivity index (χ4n) is 4.07. The molecule has 1 aliphatic rings. The lowest BCUT2D eigenvalue weighted by atomic mass is 10.1. The van der Waals surface area contributed by atoms with Gasteiger partial charge in [-0.2, -0.15) is 13.2 Å². The van der Waals surface area contributed by atoms with Gasteiger partial charge in [-0.3, -0.25) is 9.69 Å². The Labute approximate surface area is 179 Å². The number of halogens is 3. The van der Waals surface area contributed by atoms with Crippen molar-refractivity contribution in [2.75, 3.05) is 32.7 Å². The number of pyridine rings is 1. The average Bonchev–Trinajstić information content (AvgIpc) is 3.15. The largest absolute Gasteiger partial charge is 0.416 e. The zero-order valence-electron chi connectivity index (χ0n) is 17.4. The molecule has 2 aromatic heterocycles. The van der Waals surface area contributed by atoms with E-state index in [0.29, 0.717) is 18.7 Å². The summed E-state index contributed by atoms with van der Waals surface area (Å²) in [5.74, 6) is -0.217. The SMILES string of the molecule is CCn1cc(CCN2CCN(C(=O)c3ccc(C(F)(F)F)cc3)CC2)c2cccnc21. The number of carbonyl (C=O) groups excluding carboxylic acids is 1. The third-order valence-electron chi connectivity index (χ3n) is 5.87. The van der Waals surface area contributed by atoms with Gasteiger partial charge in [0.25, 0.3) is 5.91 Å². The lowest BCUT2D eigenvalue weighted by molar-refractivity contribution is -0.137. The van der Waals surface area contributed by atoms with Crippen molar-refractivity contribution in [1.29, 1.82) is 0 Å². The van der Waals surface area contributed by atoms with Crippen LogP contribution < -0.4 is 0 Å². The summed E-state index contributed by atoms with van der Waals surface area (Å²) in [5.41, 5.74) is 1.83. The molecule has 0 radical (unpaired) electrons. The Balaban J connectivity index is 1.32. The number of nitrogens with zero attached hydrogens (tertiary/aromatic N) is 4. The van der Waals surface area contributed by atoms with E-state index in [-0.39, 0.29) is 5.91 Å². The maximum absolute atomic E-state index is 12.7. The second kappa shape index (κ2) is 8.70. The summed E-state index contributed by atoms with van der Waals surface area (Å²) < 4.78 is 40.3. The normalized spacial score (nSPS) is 15.5. The third-order valence-corrected chi connectivity index (χ3v) is 5.87. The van der Waals surface area contributed by atoms with Crippen LogP contribution in [0, 0.1) is 0 Å². The van der Waals surface area contributed by atoms with Crippen LogP contribution in [0.4, 0.5) is 13.2 Å². The fourth-order valence-corrected chi connectivity index (χ4v) is 4.07. The topological polar surface area (TPSA) is 41.4 Å².